The van der Waals surface area contributed by atoms with Crippen LogP contribution in [-0.4, -0.2) is 6.54 Å². The van der Waals surface area contributed by atoms with E-state index >= 15 is 0 Å². The van der Waals surface area contributed by atoms with E-state index in [-0.39, 0.29) is 0 Å². The van der Waals surface area contributed by atoms with Gasteiger partial charge in [0.2, 0.25) is 0 Å². The monoisotopic (exact) mass is 219 g/mol. The number of hydrogen-bond acceptors (Lipinski definition) is 1. The molecule has 1 aromatic carbocycles. The van der Waals surface area contributed by atoms with E-state index in [1.165, 1.54) is 11.1 Å². The Balaban J connectivity index is 2.77. The van der Waals surface area contributed by atoms with E-state index in [0.29, 0.717) is 11.8 Å². The molecule has 0 saturated carbocycles. The van der Waals surface area contributed by atoms with Gasteiger partial charge in [-0.1, -0.05) is 52.0 Å². The Bertz CT molecular complexity index is 298. The van der Waals surface area contributed by atoms with Crippen molar-refractivity contribution in [2.45, 2.75) is 40.0 Å². The van der Waals surface area contributed by atoms with Crippen LogP contribution in [0.2, 0.25) is 0 Å². The zero-order valence-corrected chi connectivity index (χ0v) is 11.0. The van der Waals surface area contributed by atoms with E-state index in [9.17, 15) is 0 Å². The highest BCUT2D eigenvalue weighted by atomic mass is 14.6. The Morgan fingerprint density at radius 3 is 1.94 bits per heavy atom. The minimum absolute atomic E-state index is 0.494. The summed E-state index contributed by atoms with van der Waals surface area (Å²) in [6.07, 6.45) is 1.16. The van der Waals surface area contributed by atoms with Gasteiger partial charge in [-0.25, -0.2) is 0 Å². The summed E-state index contributed by atoms with van der Waals surface area (Å²) in [5.41, 5.74) is 8.63. The largest absolute Gasteiger partial charge is 0.330 e. The van der Waals surface area contributed by atoms with Gasteiger partial charge in [0.15, 0.2) is 0 Å². The molecule has 0 radical (unpaired) electrons. The summed E-state index contributed by atoms with van der Waals surface area (Å²) in [6.45, 7) is 9.72. The third-order valence-corrected chi connectivity index (χ3v) is 3.11. The highest BCUT2D eigenvalue weighted by Gasteiger charge is 2.13. The van der Waals surface area contributed by atoms with Gasteiger partial charge in [-0.2, -0.15) is 0 Å². The van der Waals surface area contributed by atoms with E-state index < -0.39 is 0 Å². The summed E-state index contributed by atoms with van der Waals surface area (Å²) < 4.78 is 0. The predicted molar refractivity (Wildman–Crippen MR) is 71.6 cm³/mol. The van der Waals surface area contributed by atoms with Crippen LogP contribution in [0, 0.1) is 11.8 Å². The van der Waals surface area contributed by atoms with Crippen molar-refractivity contribution in [3.63, 3.8) is 0 Å². The molecule has 0 aromatic heterocycles. The van der Waals surface area contributed by atoms with Crippen molar-refractivity contribution in [2.24, 2.45) is 17.6 Å². The maximum Gasteiger partial charge on any atom is -0.000577 e. The summed E-state index contributed by atoms with van der Waals surface area (Å²) in [7, 11) is 0. The Morgan fingerprint density at radius 1 is 1.00 bits per heavy atom. The molecule has 0 heterocycles. The highest BCUT2D eigenvalue weighted by molar-refractivity contribution is 5.26. The molecule has 1 heteroatoms. The fraction of sp³-hybridized carbons (Fsp3) is 0.600. The van der Waals surface area contributed by atoms with Crippen molar-refractivity contribution in [3.05, 3.63) is 35.4 Å². The molecule has 1 nitrogen and oxygen atoms in total. The normalized spacial score (nSPS) is 13.4. The van der Waals surface area contributed by atoms with Crippen molar-refractivity contribution < 1.29 is 0 Å². The second-order valence-corrected chi connectivity index (χ2v) is 5.43. The molecule has 0 aliphatic carbocycles. The lowest BCUT2D eigenvalue weighted by atomic mass is 9.87. The van der Waals surface area contributed by atoms with Crippen LogP contribution in [0.25, 0.3) is 0 Å². The van der Waals surface area contributed by atoms with Gasteiger partial charge in [-0.15, -0.1) is 0 Å². The number of nitrogens with two attached hydrogens (primary N) is 1. The molecule has 0 aliphatic heterocycles. The molecule has 1 rings (SSSR count). The minimum Gasteiger partial charge on any atom is -0.330 e. The summed E-state index contributed by atoms with van der Waals surface area (Å²) >= 11 is 0. The number of benzene rings is 1. The van der Waals surface area contributed by atoms with Crippen LogP contribution in [0.15, 0.2) is 24.3 Å². The van der Waals surface area contributed by atoms with E-state index in [2.05, 4.69) is 52.0 Å². The Kier molecular flexibility index (Phi) is 5.01. The van der Waals surface area contributed by atoms with Gasteiger partial charge >= 0.3 is 0 Å². The van der Waals surface area contributed by atoms with Crippen LogP contribution in [0.3, 0.4) is 0 Å². The second kappa shape index (κ2) is 6.05. The molecule has 0 spiro atoms. The second-order valence-electron chi connectivity index (χ2n) is 5.43. The first-order valence-electron chi connectivity index (χ1n) is 6.33. The Hall–Kier alpha value is -0.820. The maximum absolute atomic E-state index is 5.82. The molecule has 1 atom stereocenters. The van der Waals surface area contributed by atoms with Crippen LogP contribution < -0.4 is 5.73 Å². The van der Waals surface area contributed by atoms with Gasteiger partial charge in [0.25, 0.3) is 0 Å². The van der Waals surface area contributed by atoms with E-state index in [0.717, 1.165) is 18.9 Å². The van der Waals surface area contributed by atoms with Gasteiger partial charge in [0.1, 0.15) is 0 Å². The van der Waals surface area contributed by atoms with Crippen LogP contribution in [0.1, 0.15) is 44.7 Å². The lowest BCUT2D eigenvalue weighted by Crippen LogP contribution is -2.17. The molecule has 1 aromatic rings. The van der Waals surface area contributed by atoms with Crippen LogP contribution in [-0.2, 0) is 6.42 Å². The molecule has 16 heavy (non-hydrogen) atoms. The molecule has 0 aliphatic rings. The molecule has 90 valence electrons. The minimum atomic E-state index is 0.494. The van der Waals surface area contributed by atoms with Crippen molar-refractivity contribution in [2.75, 3.05) is 6.54 Å². The summed E-state index contributed by atoms with van der Waals surface area (Å²) in [5, 5.41) is 0. The molecular formula is C15H25N. The first-order valence-corrected chi connectivity index (χ1v) is 6.33. The standard InChI is InChI=1S/C15H25N/c1-11(2)9-13-5-7-14(8-6-13)15(10-16)12(3)4/h5-8,11-12,15H,9-10,16H2,1-4H3. The lowest BCUT2D eigenvalue weighted by Gasteiger charge is -2.19. The fourth-order valence-corrected chi connectivity index (χ4v) is 2.17. The van der Waals surface area contributed by atoms with Crippen LogP contribution >= 0.6 is 0 Å². The van der Waals surface area contributed by atoms with Crippen LogP contribution in [0.4, 0.5) is 0 Å². The van der Waals surface area contributed by atoms with Crippen LogP contribution in [0.5, 0.6) is 0 Å². The molecular weight excluding hydrogens is 194 g/mol. The van der Waals surface area contributed by atoms with Gasteiger partial charge in [-0.05, 0) is 41.8 Å². The lowest BCUT2D eigenvalue weighted by molar-refractivity contribution is 0.506. The topological polar surface area (TPSA) is 26.0 Å². The Labute approximate surface area is 100 Å². The molecule has 1 unspecified atom stereocenters. The molecule has 0 bridgehead atoms. The summed E-state index contributed by atoms with van der Waals surface area (Å²) in [4.78, 5) is 0. The summed E-state index contributed by atoms with van der Waals surface area (Å²) in [5.74, 6) is 1.83. The first kappa shape index (κ1) is 13.2. The fourth-order valence-electron chi connectivity index (χ4n) is 2.17. The van der Waals surface area contributed by atoms with Crippen molar-refractivity contribution in [3.8, 4) is 0 Å². The molecule has 0 fully saturated rings. The SMILES string of the molecule is CC(C)Cc1ccc(C(CN)C(C)C)cc1. The third kappa shape index (κ3) is 3.64. The van der Waals surface area contributed by atoms with Gasteiger partial charge in [-0.3, -0.25) is 0 Å². The van der Waals surface area contributed by atoms with Crippen molar-refractivity contribution in [1.29, 1.82) is 0 Å². The van der Waals surface area contributed by atoms with Gasteiger partial charge < -0.3 is 5.73 Å². The Morgan fingerprint density at radius 2 is 1.56 bits per heavy atom. The van der Waals surface area contributed by atoms with Gasteiger partial charge in [0.05, 0.1) is 0 Å². The maximum atomic E-state index is 5.82. The van der Waals surface area contributed by atoms with Gasteiger partial charge in [0, 0.05) is 0 Å². The quantitative estimate of drug-likeness (QED) is 0.804. The average molecular weight is 219 g/mol. The number of rotatable bonds is 5. The van der Waals surface area contributed by atoms with Crippen molar-refractivity contribution in [1.82, 2.24) is 0 Å². The smallest absolute Gasteiger partial charge is 0.000577 e. The zero-order valence-electron chi connectivity index (χ0n) is 11.0. The van der Waals surface area contributed by atoms with E-state index in [1.54, 1.807) is 0 Å². The molecule has 0 saturated heterocycles. The molecule has 0 amide bonds. The average Bonchev–Trinajstić information content (AvgIpc) is 2.20. The predicted octanol–water partition coefficient (Wildman–Crippen LogP) is 3.58. The first-order chi connectivity index (χ1) is 7.54. The van der Waals surface area contributed by atoms with Crippen molar-refractivity contribution >= 4 is 0 Å². The third-order valence-electron chi connectivity index (χ3n) is 3.11. The summed E-state index contributed by atoms with van der Waals surface area (Å²) in [6, 6.07) is 8.99. The number of hydrogen-bond donors (Lipinski definition) is 1. The van der Waals surface area contributed by atoms with E-state index in [4.69, 9.17) is 5.73 Å². The van der Waals surface area contributed by atoms with E-state index in [1.807, 2.05) is 0 Å². The highest BCUT2D eigenvalue weighted by Crippen LogP contribution is 2.23. The zero-order chi connectivity index (χ0) is 12.1. The molecule has 2 N–H and O–H groups in total.